The van der Waals surface area contributed by atoms with Crippen molar-refractivity contribution in [2.24, 2.45) is 0 Å². The van der Waals surface area contributed by atoms with Crippen LogP contribution in [0.3, 0.4) is 0 Å². The molecule has 1 heterocycles. The van der Waals surface area contributed by atoms with Gasteiger partial charge in [0.05, 0.1) is 0 Å². The van der Waals surface area contributed by atoms with E-state index in [2.05, 4.69) is 10.6 Å². The number of hydrogen-bond donors (Lipinski definition) is 2. The molecule has 1 aromatic heterocycles. The Labute approximate surface area is 146 Å². The van der Waals surface area contributed by atoms with Crippen molar-refractivity contribution >= 4 is 23.2 Å². The van der Waals surface area contributed by atoms with Crippen molar-refractivity contribution in [2.75, 3.05) is 10.6 Å². The molecule has 5 nitrogen and oxygen atoms in total. The summed E-state index contributed by atoms with van der Waals surface area (Å²) in [5, 5.41) is 5.56. The number of aryl methyl sites for hydroxylation is 1. The van der Waals surface area contributed by atoms with Crippen LogP contribution in [-0.2, 0) is 4.79 Å². The fourth-order valence-corrected chi connectivity index (χ4v) is 2.61. The van der Waals surface area contributed by atoms with Crippen molar-refractivity contribution in [3.8, 4) is 5.69 Å². The summed E-state index contributed by atoms with van der Waals surface area (Å²) in [6.45, 7) is 3.45. The maximum Gasteiger partial charge on any atom is 0.255 e. The van der Waals surface area contributed by atoms with E-state index in [0.717, 1.165) is 11.3 Å². The highest BCUT2D eigenvalue weighted by Gasteiger charge is 2.10. The molecular weight excluding hydrogens is 314 g/mol. The van der Waals surface area contributed by atoms with E-state index in [0.29, 0.717) is 16.9 Å². The zero-order valence-corrected chi connectivity index (χ0v) is 14.1. The zero-order chi connectivity index (χ0) is 17.8. The summed E-state index contributed by atoms with van der Waals surface area (Å²) in [6.07, 6.45) is 3.89. The molecule has 0 saturated carbocycles. The van der Waals surface area contributed by atoms with Crippen LogP contribution in [-0.4, -0.2) is 16.4 Å². The van der Waals surface area contributed by atoms with Crippen LogP contribution in [0.4, 0.5) is 11.4 Å². The molecule has 5 heteroatoms. The van der Waals surface area contributed by atoms with E-state index < -0.39 is 0 Å². The average Bonchev–Trinajstić information content (AvgIpc) is 3.09. The number of carbonyl (C=O) groups is 2. The Morgan fingerprint density at radius 1 is 0.880 bits per heavy atom. The first-order valence-corrected chi connectivity index (χ1v) is 7.96. The molecule has 0 saturated heterocycles. The highest BCUT2D eigenvalue weighted by Crippen LogP contribution is 2.19. The van der Waals surface area contributed by atoms with E-state index in [-0.39, 0.29) is 11.8 Å². The van der Waals surface area contributed by atoms with Crippen LogP contribution in [0.25, 0.3) is 5.69 Å². The second kappa shape index (κ2) is 7.05. The normalized spacial score (nSPS) is 10.3. The molecule has 3 rings (SSSR count). The van der Waals surface area contributed by atoms with Crippen LogP contribution in [0.1, 0.15) is 22.8 Å². The van der Waals surface area contributed by atoms with Crippen molar-refractivity contribution in [3.63, 3.8) is 0 Å². The van der Waals surface area contributed by atoms with E-state index in [9.17, 15) is 9.59 Å². The van der Waals surface area contributed by atoms with Gasteiger partial charge in [-0.05, 0) is 55.0 Å². The predicted octanol–water partition coefficient (Wildman–Crippen LogP) is 4.00. The van der Waals surface area contributed by atoms with Crippen molar-refractivity contribution in [1.29, 1.82) is 0 Å². The summed E-state index contributed by atoms with van der Waals surface area (Å²) in [7, 11) is 0. The van der Waals surface area contributed by atoms with Crippen molar-refractivity contribution in [1.82, 2.24) is 4.57 Å². The lowest BCUT2D eigenvalue weighted by Gasteiger charge is -2.11. The maximum absolute atomic E-state index is 12.6. The number of hydrogen-bond acceptors (Lipinski definition) is 2. The van der Waals surface area contributed by atoms with Gasteiger partial charge in [0.15, 0.2) is 0 Å². The summed E-state index contributed by atoms with van der Waals surface area (Å²) >= 11 is 0. The van der Waals surface area contributed by atoms with E-state index in [1.165, 1.54) is 6.92 Å². The largest absolute Gasteiger partial charge is 0.326 e. The topological polar surface area (TPSA) is 63.1 Å². The molecular formula is C20H19N3O2. The lowest BCUT2D eigenvalue weighted by Crippen LogP contribution is -2.13. The zero-order valence-electron chi connectivity index (χ0n) is 14.1. The van der Waals surface area contributed by atoms with Gasteiger partial charge in [-0.3, -0.25) is 9.59 Å². The highest BCUT2D eigenvalue weighted by atomic mass is 16.2. The maximum atomic E-state index is 12.6. The predicted molar refractivity (Wildman–Crippen MR) is 99.2 cm³/mol. The molecule has 0 spiro atoms. The minimum absolute atomic E-state index is 0.154. The molecule has 0 aliphatic carbocycles. The third-order valence-electron chi connectivity index (χ3n) is 3.79. The number of amides is 2. The Kier molecular flexibility index (Phi) is 4.66. The summed E-state index contributed by atoms with van der Waals surface area (Å²) in [5.74, 6) is -0.355. The summed E-state index contributed by atoms with van der Waals surface area (Å²) < 4.78 is 1.98. The molecule has 2 N–H and O–H groups in total. The van der Waals surface area contributed by atoms with Gasteiger partial charge in [0, 0.05) is 41.9 Å². The van der Waals surface area contributed by atoms with Crippen LogP contribution in [0.15, 0.2) is 67.0 Å². The molecule has 2 aromatic carbocycles. The van der Waals surface area contributed by atoms with Crippen molar-refractivity contribution in [2.45, 2.75) is 13.8 Å². The van der Waals surface area contributed by atoms with Gasteiger partial charge >= 0.3 is 0 Å². The van der Waals surface area contributed by atoms with E-state index in [1.54, 1.807) is 30.3 Å². The lowest BCUT2D eigenvalue weighted by atomic mass is 10.1. The van der Waals surface area contributed by atoms with Gasteiger partial charge in [-0.15, -0.1) is 0 Å². The smallest absolute Gasteiger partial charge is 0.255 e. The first-order valence-electron chi connectivity index (χ1n) is 7.96. The second-order valence-corrected chi connectivity index (χ2v) is 5.81. The average molecular weight is 333 g/mol. The molecule has 0 bridgehead atoms. The van der Waals surface area contributed by atoms with E-state index in [4.69, 9.17) is 0 Å². The summed E-state index contributed by atoms with van der Waals surface area (Å²) in [6, 6.07) is 16.5. The quantitative estimate of drug-likeness (QED) is 0.758. The number of nitrogens with zero attached hydrogens (tertiary/aromatic N) is 1. The molecule has 0 aliphatic rings. The number of benzene rings is 2. The van der Waals surface area contributed by atoms with Crippen molar-refractivity contribution in [3.05, 3.63) is 78.1 Å². The second-order valence-electron chi connectivity index (χ2n) is 5.81. The first kappa shape index (κ1) is 16.5. The summed E-state index contributed by atoms with van der Waals surface area (Å²) in [5.41, 5.74) is 3.88. The van der Waals surface area contributed by atoms with Crippen molar-refractivity contribution < 1.29 is 9.59 Å². The molecule has 0 atom stereocenters. The lowest BCUT2D eigenvalue weighted by molar-refractivity contribution is -0.114. The Morgan fingerprint density at radius 2 is 1.56 bits per heavy atom. The van der Waals surface area contributed by atoms with Crippen LogP contribution < -0.4 is 10.6 Å². The van der Waals surface area contributed by atoms with Gasteiger partial charge in [0.2, 0.25) is 5.91 Å². The van der Waals surface area contributed by atoms with Gasteiger partial charge in [0.25, 0.3) is 5.91 Å². The van der Waals surface area contributed by atoms with Crippen LogP contribution in [0.2, 0.25) is 0 Å². The Morgan fingerprint density at radius 3 is 2.24 bits per heavy atom. The molecule has 2 amide bonds. The minimum atomic E-state index is -0.201. The number of nitrogens with one attached hydrogen (secondary N) is 2. The number of aromatic nitrogens is 1. The third kappa shape index (κ3) is 3.95. The monoisotopic (exact) mass is 333 g/mol. The van der Waals surface area contributed by atoms with Crippen LogP contribution in [0, 0.1) is 6.92 Å². The fraction of sp³-hybridized carbons (Fsp3) is 0.100. The fourth-order valence-electron chi connectivity index (χ4n) is 2.61. The summed E-state index contributed by atoms with van der Waals surface area (Å²) in [4.78, 5) is 23.7. The molecule has 0 unspecified atom stereocenters. The Hall–Kier alpha value is -3.34. The molecule has 126 valence electrons. The SMILES string of the molecule is CC(=O)Nc1cccc(NC(=O)c2ccc(C)c(-n3cccc3)c2)c1. The van der Waals surface area contributed by atoms with Crippen LogP contribution in [0.5, 0.6) is 0 Å². The molecule has 0 fully saturated rings. The standard InChI is InChI=1S/C20H19N3O2/c1-14-8-9-16(12-19(14)23-10-3-4-11-23)20(25)22-18-7-5-6-17(13-18)21-15(2)24/h3-13H,1-2H3,(H,21,24)(H,22,25). The number of anilines is 2. The Bertz CT molecular complexity index is 914. The van der Waals surface area contributed by atoms with Gasteiger partial charge in [-0.25, -0.2) is 0 Å². The van der Waals surface area contributed by atoms with Gasteiger partial charge < -0.3 is 15.2 Å². The number of carbonyl (C=O) groups excluding carboxylic acids is 2. The highest BCUT2D eigenvalue weighted by molar-refractivity contribution is 6.05. The van der Waals surface area contributed by atoms with Gasteiger partial charge in [0.1, 0.15) is 0 Å². The molecule has 25 heavy (non-hydrogen) atoms. The third-order valence-corrected chi connectivity index (χ3v) is 3.79. The van der Waals surface area contributed by atoms with E-state index in [1.807, 2.05) is 48.1 Å². The number of rotatable bonds is 4. The van der Waals surface area contributed by atoms with Gasteiger partial charge in [-0.1, -0.05) is 12.1 Å². The molecule has 0 radical (unpaired) electrons. The van der Waals surface area contributed by atoms with Crippen LogP contribution >= 0.6 is 0 Å². The first-order chi connectivity index (χ1) is 12.0. The van der Waals surface area contributed by atoms with E-state index >= 15 is 0 Å². The van der Waals surface area contributed by atoms with Gasteiger partial charge in [-0.2, -0.15) is 0 Å². The molecule has 0 aliphatic heterocycles. The Balaban J connectivity index is 1.82. The minimum Gasteiger partial charge on any atom is -0.326 e. The molecule has 3 aromatic rings.